The molecule has 0 aliphatic heterocycles. The van der Waals surface area contributed by atoms with Gasteiger partial charge >= 0.3 is 0 Å². The Kier molecular flexibility index (Phi) is 7.36. The summed E-state index contributed by atoms with van der Waals surface area (Å²) >= 11 is 1.33. The molecule has 1 N–H and O–H groups in total. The van der Waals surface area contributed by atoms with Gasteiger partial charge in [-0.05, 0) is 30.7 Å². The molecule has 7 nitrogen and oxygen atoms in total. The zero-order valence-electron chi connectivity index (χ0n) is 14.2. The average molecular weight is 363 g/mol. The number of nitrogens with zero attached hydrogens (tertiary/aromatic N) is 2. The van der Waals surface area contributed by atoms with Gasteiger partial charge in [0.2, 0.25) is 5.91 Å². The van der Waals surface area contributed by atoms with E-state index in [9.17, 15) is 9.59 Å². The van der Waals surface area contributed by atoms with Gasteiger partial charge in [-0.15, -0.1) is 11.3 Å². The first kappa shape index (κ1) is 18.9. The van der Waals surface area contributed by atoms with Crippen LogP contribution in [0.1, 0.15) is 16.8 Å². The lowest BCUT2D eigenvalue weighted by molar-refractivity contribution is -0.116. The van der Waals surface area contributed by atoms with Crippen molar-refractivity contribution >= 4 is 28.3 Å². The molecular weight excluding hydrogens is 342 g/mol. The second-order valence-corrected chi connectivity index (χ2v) is 6.08. The molecule has 0 spiro atoms. The van der Waals surface area contributed by atoms with Gasteiger partial charge in [-0.2, -0.15) is 0 Å². The zero-order chi connectivity index (χ0) is 18.1. The van der Waals surface area contributed by atoms with Crippen molar-refractivity contribution in [3.63, 3.8) is 0 Å². The van der Waals surface area contributed by atoms with Crippen LogP contribution in [0.2, 0.25) is 0 Å². The Labute approximate surface area is 150 Å². The van der Waals surface area contributed by atoms with Crippen LogP contribution in [0.4, 0.5) is 5.13 Å². The highest BCUT2D eigenvalue weighted by molar-refractivity contribution is 7.13. The SMILES string of the molecule is COCCCN(CC(=O)Nc1nccs1)C(=O)c1ccc(OC)cc1. The number of benzene rings is 1. The first-order valence-corrected chi connectivity index (χ1v) is 8.63. The minimum absolute atomic E-state index is 0.0475. The summed E-state index contributed by atoms with van der Waals surface area (Å²) in [5.41, 5.74) is 0.500. The molecule has 0 aliphatic rings. The molecule has 2 rings (SSSR count). The van der Waals surface area contributed by atoms with E-state index < -0.39 is 0 Å². The Balaban J connectivity index is 2.04. The lowest BCUT2D eigenvalue weighted by Gasteiger charge is -2.22. The fourth-order valence-electron chi connectivity index (χ4n) is 2.19. The monoisotopic (exact) mass is 363 g/mol. The second kappa shape index (κ2) is 9.75. The predicted octanol–water partition coefficient (Wildman–Crippen LogP) is 2.27. The number of hydrogen-bond acceptors (Lipinski definition) is 6. The summed E-state index contributed by atoms with van der Waals surface area (Å²) in [4.78, 5) is 30.4. The predicted molar refractivity (Wildman–Crippen MR) is 96.1 cm³/mol. The third-order valence-electron chi connectivity index (χ3n) is 3.41. The molecule has 2 amide bonds. The Hall–Kier alpha value is -2.45. The van der Waals surface area contributed by atoms with E-state index in [1.165, 1.54) is 16.2 Å². The summed E-state index contributed by atoms with van der Waals surface area (Å²) in [6.07, 6.45) is 2.25. The lowest BCUT2D eigenvalue weighted by atomic mass is 10.2. The maximum atomic E-state index is 12.7. The highest BCUT2D eigenvalue weighted by Gasteiger charge is 2.19. The average Bonchev–Trinajstić information content (AvgIpc) is 3.13. The van der Waals surface area contributed by atoms with Gasteiger partial charge in [-0.3, -0.25) is 9.59 Å². The van der Waals surface area contributed by atoms with Gasteiger partial charge in [0, 0.05) is 37.4 Å². The minimum atomic E-state index is -0.283. The fourth-order valence-corrected chi connectivity index (χ4v) is 2.73. The molecule has 1 aromatic carbocycles. The summed E-state index contributed by atoms with van der Waals surface area (Å²) in [6, 6.07) is 6.80. The van der Waals surface area contributed by atoms with Crippen molar-refractivity contribution in [3.8, 4) is 5.75 Å². The van der Waals surface area contributed by atoms with Gasteiger partial charge < -0.3 is 19.7 Å². The summed E-state index contributed by atoms with van der Waals surface area (Å²) in [5, 5.41) is 4.98. The molecule has 1 aromatic heterocycles. The smallest absolute Gasteiger partial charge is 0.254 e. The zero-order valence-corrected chi connectivity index (χ0v) is 15.0. The molecule has 8 heteroatoms. The van der Waals surface area contributed by atoms with Crippen LogP contribution >= 0.6 is 11.3 Å². The number of methoxy groups -OCH3 is 2. The standard InChI is InChI=1S/C17H21N3O4S/c1-23-10-3-9-20(12-15(21)19-17-18-8-11-25-17)16(22)13-4-6-14(24-2)7-5-13/h4-8,11H,3,9-10,12H2,1-2H3,(H,18,19,21). The van der Waals surface area contributed by atoms with Gasteiger partial charge in [0.1, 0.15) is 12.3 Å². The van der Waals surface area contributed by atoms with Crippen LogP contribution in [0.25, 0.3) is 0 Å². The molecule has 0 saturated carbocycles. The first-order chi connectivity index (χ1) is 12.1. The summed E-state index contributed by atoms with van der Waals surface area (Å²) < 4.78 is 10.1. The quantitative estimate of drug-likeness (QED) is 0.691. The van der Waals surface area contributed by atoms with Gasteiger partial charge in [0.15, 0.2) is 5.13 Å². The van der Waals surface area contributed by atoms with Crippen LogP contribution in [-0.4, -0.2) is 55.6 Å². The van der Waals surface area contributed by atoms with Crippen molar-refractivity contribution < 1.29 is 19.1 Å². The van der Waals surface area contributed by atoms with Crippen molar-refractivity contribution in [1.29, 1.82) is 0 Å². The number of carbonyl (C=O) groups excluding carboxylic acids is 2. The Morgan fingerprint density at radius 3 is 2.60 bits per heavy atom. The molecule has 0 radical (unpaired) electrons. The van der Waals surface area contributed by atoms with Crippen molar-refractivity contribution in [2.45, 2.75) is 6.42 Å². The highest BCUT2D eigenvalue weighted by Crippen LogP contribution is 2.14. The fraction of sp³-hybridized carbons (Fsp3) is 0.353. The lowest BCUT2D eigenvalue weighted by Crippen LogP contribution is -2.39. The Bertz CT molecular complexity index is 674. The van der Waals surface area contributed by atoms with E-state index in [4.69, 9.17) is 9.47 Å². The summed E-state index contributed by atoms with van der Waals surface area (Å²) in [6.45, 7) is 0.888. The largest absolute Gasteiger partial charge is 0.497 e. The minimum Gasteiger partial charge on any atom is -0.497 e. The van der Waals surface area contributed by atoms with Crippen molar-refractivity contribution in [1.82, 2.24) is 9.88 Å². The van der Waals surface area contributed by atoms with E-state index in [0.717, 1.165) is 0 Å². The highest BCUT2D eigenvalue weighted by atomic mass is 32.1. The van der Waals surface area contributed by atoms with Crippen LogP contribution < -0.4 is 10.1 Å². The first-order valence-electron chi connectivity index (χ1n) is 7.75. The molecule has 25 heavy (non-hydrogen) atoms. The number of ether oxygens (including phenoxy) is 2. The van der Waals surface area contributed by atoms with Crippen LogP contribution in [0.5, 0.6) is 5.75 Å². The number of anilines is 1. The van der Waals surface area contributed by atoms with Crippen molar-refractivity contribution in [3.05, 3.63) is 41.4 Å². The van der Waals surface area contributed by atoms with Gasteiger partial charge in [-0.25, -0.2) is 4.98 Å². The number of hydrogen-bond donors (Lipinski definition) is 1. The van der Waals surface area contributed by atoms with Gasteiger partial charge in [0.05, 0.1) is 7.11 Å². The molecule has 0 aliphatic carbocycles. The normalized spacial score (nSPS) is 10.3. The van der Waals surface area contributed by atoms with E-state index in [1.807, 2.05) is 0 Å². The third kappa shape index (κ3) is 5.84. The number of aromatic nitrogens is 1. The molecule has 0 fully saturated rings. The van der Waals surface area contributed by atoms with Gasteiger partial charge in [-0.1, -0.05) is 0 Å². The van der Waals surface area contributed by atoms with Crippen LogP contribution in [-0.2, 0) is 9.53 Å². The summed E-state index contributed by atoms with van der Waals surface area (Å²) in [5.74, 6) is 0.172. The second-order valence-electron chi connectivity index (χ2n) is 5.19. The molecule has 134 valence electrons. The van der Waals surface area contributed by atoms with Gasteiger partial charge in [0.25, 0.3) is 5.91 Å². The van der Waals surface area contributed by atoms with Crippen molar-refractivity contribution in [2.24, 2.45) is 0 Å². The maximum absolute atomic E-state index is 12.7. The molecule has 0 saturated heterocycles. The van der Waals surface area contributed by atoms with Crippen LogP contribution in [0.15, 0.2) is 35.8 Å². The van der Waals surface area contributed by atoms with E-state index in [2.05, 4.69) is 10.3 Å². The Morgan fingerprint density at radius 1 is 1.24 bits per heavy atom. The van der Waals surface area contributed by atoms with Crippen molar-refractivity contribution in [2.75, 3.05) is 39.2 Å². The molecule has 0 atom stereocenters. The third-order valence-corrected chi connectivity index (χ3v) is 4.10. The van der Waals surface area contributed by atoms with E-state index in [-0.39, 0.29) is 18.4 Å². The number of nitrogens with one attached hydrogen (secondary N) is 1. The molecule has 0 bridgehead atoms. The topological polar surface area (TPSA) is 80.8 Å². The molecule has 1 heterocycles. The summed E-state index contributed by atoms with van der Waals surface area (Å²) in [7, 11) is 3.17. The van der Waals surface area contributed by atoms with E-state index >= 15 is 0 Å². The molecular formula is C17H21N3O4S. The number of rotatable bonds is 9. The van der Waals surface area contributed by atoms with Crippen LogP contribution in [0.3, 0.4) is 0 Å². The molecule has 0 unspecified atom stereocenters. The van der Waals surface area contributed by atoms with E-state index in [1.54, 1.807) is 50.1 Å². The molecule has 2 aromatic rings. The van der Waals surface area contributed by atoms with Crippen LogP contribution in [0, 0.1) is 0 Å². The maximum Gasteiger partial charge on any atom is 0.254 e. The number of amides is 2. The Morgan fingerprint density at radius 2 is 2.00 bits per heavy atom. The van der Waals surface area contributed by atoms with E-state index in [0.29, 0.717) is 36.0 Å². The number of thiazole rings is 1. The number of carbonyl (C=O) groups is 2.